The highest BCUT2D eigenvalue weighted by atomic mass is 15.4. The maximum Gasteiger partial charge on any atom is 0.350 e. The normalized spacial score (nSPS) is 14.6. The zero-order valence-corrected chi connectivity index (χ0v) is 30.3. The molecule has 0 atom stereocenters. The number of nitrogens with zero attached hydrogens (tertiary/aromatic N) is 3. The minimum absolute atomic E-state index is 0.990. The summed E-state index contributed by atoms with van der Waals surface area (Å²) in [7, 11) is 0. The molecular formula is C48H48BN3. The van der Waals surface area contributed by atoms with Crippen molar-refractivity contribution in [3.05, 3.63) is 181 Å². The van der Waals surface area contributed by atoms with Crippen LogP contribution in [0.3, 0.4) is 0 Å². The summed E-state index contributed by atoms with van der Waals surface area (Å²) in [5.74, 6) is 1.46. The molecule has 0 saturated carbocycles. The Balaban J connectivity index is 0.000000149. The predicted molar refractivity (Wildman–Crippen MR) is 223 cm³/mol. The molecule has 0 amide bonds. The molecule has 0 aromatic heterocycles. The number of rotatable bonds is 7. The minimum Gasteiger partial charge on any atom is -0.265 e. The highest BCUT2D eigenvalue weighted by molar-refractivity contribution is 7.19. The van der Waals surface area contributed by atoms with E-state index in [1.165, 1.54) is 87.4 Å². The molecule has 0 spiro atoms. The van der Waals surface area contributed by atoms with Gasteiger partial charge in [-0.2, -0.15) is 21.9 Å². The van der Waals surface area contributed by atoms with Crippen molar-refractivity contribution in [3.8, 4) is 0 Å². The summed E-state index contributed by atoms with van der Waals surface area (Å²) >= 11 is 0. The topological polar surface area (TPSA) is 9.49 Å². The molecule has 0 aliphatic carbocycles. The van der Waals surface area contributed by atoms with Gasteiger partial charge < -0.3 is 0 Å². The number of hydrogen-bond donors (Lipinski definition) is 0. The van der Waals surface area contributed by atoms with Crippen molar-refractivity contribution in [2.45, 2.75) is 26.3 Å². The Hall–Kier alpha value is -5.61. The molecule has 4 heteroatoms. The van der Waals surface area contributed by atoms with Gasteiger partial charge in [-0.15, -0.1) is 0 Å². The van der Waals surface area contributed by atoms with Gasteiger partial charge in [0, 0.05) is 18.4 Å². The molecule has 7 aromatic rings. The van der Waals surface area contributed by atoms with Crippen molar-refractivity contribution in [3.63, 3.8) is 0 Å². The van der Waals surface area contributed by atoms with E-state index in [1.54, 1.807) is 0 Å². The van der Waals surface area contributed by atoms with Crippen LogP contribution in [0.4, 0.5) is 0 Å². The molecule has 0 radical (unpaired) electrons. The average Bonchev–Trinajstić information content (AvgIpc) is 3.23. The molecule has 2 aliphatic heterocycles. The lowest BCUT2D eigenvalue weighted by Gasteiger charge is -2.44. The summed E-state index contributed by atoms with van der Waals surface area (Å²) in [6.45, 7) is 9.13. The Morgan fingerprint density at radius 3 is 1.29 bits per heavy atom. The van der Waals surface area contributed by atoms with E-state index in [4.69, 9.17) is 0 Å². The predicted octanol–water partition coefficient (Wildman–Crippen LogP) is 7.36. The van der Waals surface area contributed by atoms with Crippen LogP contribution in [0, 0.1) is 0 Å². The first-order chi connectivity index (χ1) is 25.8. The van der Waals surface area contributed by atoms with Crippen molar-refractivity contribution in [1.29, 1.82) is 0 Å². The molecular weight excluding hydrogens is 629 g/mol. The Bertz CT molecular complexity index is 2050. The molecule has 0 bridgehead atoms. The van der Waals surface area contributed by atoms with Crippen molar-refractivity contribution in [2.24, 2.45) is 0 Å². The molecule has 0 unspecified atom stereocenters. The maximum atomic E-state index is 2.64. The maximum absolute atomic E-state index is 2.64. The molecule has 0 saturated heterocycles. The Morgan fingerprint density at radius 2 is 0.865 bits per heavy atom. The van der Waals surface area contributed by atoms with E-state index in [1.807, 2.05) is 0 Å². The van der Waals surface area contributed by atoms with Crippen LogP contribution in [-0.4, -0.2) is 59.2 Å². The summed E-state index contributed by atoms with van der Waals surface area (Å²) in [6, 6.07) is 63.6. The highest BCUT2D eigenvalue weighted by Crippen LogP contribution is 2.30. The lowest BCUT2D eigenvalue weighted by molar-refractivity contribution is -0.550. The van der Waals surface area contributed by atoms with Crippen LogP contribution < -0.4 is 21.9 Å². The van der Waals surface area contributed by atoms with Gasteiger partial charge in [-0.25, -0.2) is 0 Å². The van der Waals surface area contributed by atoms with Gasteiger partial charge in [0.1, 0.15) is 6.15 Å². The van der Waals surface area contributed by atoms with Crippen LogP contribution in [0.15, 0.2) is 176 Å². The monoisotopic (exact) mass is 677 g/mol. The first kappa shape index (κ1) is 33.5. The molecule has 2 aliphatic rings. The van der Waals surface area contributed by atoms with E-state index in [2.05, 4.69) is 197 Å². The first-order valence-electron chi connectivity index (χ1n) is 19.2. The highest BCUT2D eigenvalue weighted by Gasteiger charge is 2.35. The minimum atomic E-state index is -1.22. The van der Waals surface area contributed by atoms with Crippen LogP contribution >= 0.6 is 0 Å². The molecule has 0 fully saturated rings. The van der Waals surface area contributed by atoms with E-state index in [-0.39, 0.29) is 0 Å². The van der Waals surface area contributed by atoms with Gasteiger partial charge in [-0.05, 0) is 34.5 Å². The fourth-order valence-electron chi connectivity index (χ4n) is 9.06. The summed E-state index contributed by atoms with van der Waals surface area (Å²) < 4.78 is 2.61. The largest absolute Gasteiger partial charge is 0.350 e. The van der Waals surface area contributed by atoms with Crippen molar-refractivity contribution in [1.82, 2.24) is 9.80 Å². The summed E-state index contributed by atoms with van der Waals surface area (Å²) in [5.41, 5.74) is 6.83. The van der Waals surface area contributed by atoms with E-state index < -0.39 is 6.15 Å². The standard InChI is InChI=1S/C24H20B.C24H28N3/c1-5-13-21(14-6-1)25(22-15-7-2-8-16-22,23-17-9-3-10-18-23)24-19-11-4-12-20-24;1-2-25-13-7-14-26-15-8-16-27(24(25)26)18-23-21-11-5-3-9-19(21)17-20-10-4-6-12-22(20)23/h1-20H;3-6,9-12,17H,2,7-8,13-16,18H2,1H3/q-1;+1. The smallest absolute Gasteiger partial charge is 0.265 e. The van der Waals surface area contributed by atoms with Gasteiger partial charge in [0.2, 0.25) is 0 Å². The fourth-order valence-corrected chi connectivity index (χ4v) is 9.06. The SMILES string of the molecule is CCN1CCC[N+]2=C1N(Cc1c3ccccc3cc3ccccc13)CCC2.c1ccc([B-](c2ccccc2)(c2ccccc2)c2ccccc2)cc1. The van der Waals surface area contributed by atoms with Crippen molar-refractivity contribution >= 4 is 55.5 Å². The van der Waals surface area contributed by atoms with Gasteiger partial charge in [-0.1, -0.05) is 170 Å². The van der Waals surface area contributed by atoms with E-state index in [0.29, 0.717) is 0 Å². The first-order valence-corrected chi connectivity index (χ1v) is 19.2. The van der Waals surface area contributed by atoms with Gasteiger partial charge >= 0.3 is 5.96 Å². The van der Waals surface area contributed by atoms with Crippen LogP contribution in [0.1, 0.15) is 25.3 Å². The Labute approximate surface area is 309 Å². The molecule has 0 N–H and O–H groups in total. The van der Waals surface area contributed by atoms with Crippen molar-refractivity contribution < 1.29 is 4.58 Å². The van der Waals surface area contributed by atoms with Gasteiger partial charge in [0.25, 0.3) is 0 Å². The second-order valence-electron chi connectivity index (χ2n) is 14.3. The fraction of sp³-hybridized carbons (Fsp3) is 0.188. The third-order valence-electron chi connectivity index (χ3n) is 11.4. The van der Waals surface area contributed by atoms with Crippen molar-refractivity contribution in [2.75, 3.05) is 32.7 Å². The molecule has 2 heterocycles. The van der Waals surface area contributed by atoms with E-state index in [0.717, 1.165) is 19.6 Å². The third kappa shape index (κ3) is 6.39. The zero-order valence-electron chi connectivity index (χ0n) is 30.3. The molecule has 258 valence electrons. The van der Waals surface area contributed by atoms with Gasteiger partial charge in [0.15, 0.2) is 0 Å². The Kier molecular flexibility index (Phi) is 9.89. The van der Waals surface area contributed by atoms with E-state index >= 15 is 0 Å². The van der Waals surface area contributed by atoms with Gasteiger partial charge in [-0.3, -0.25) is 14.4 Å². The number of hydrogen-bond acceptors (Lipinski definition) is 2. The lowest BCUT2D eigenvalue weighted by Crippen LogP contribution is -2.74. The third-order valence-corrected chi connectivity index (χ3v) is 11.4. The summed E-state index contributed by atoms with van der Waals surface area (Å²) in [5, 5.41) is 5.49. The quantitative estimate of drug-likeness (QED) is 0.0992. The van der Waals surface area contributed by atoms with E-state index in [9.17, 15) is 0 Å². The molecule has 9 rings (SSSR count). The summed E-state index contributed by atoms with van der Waals surface area (Å²) in [4.78, 5) is 5.22. The van der Waals surface area contributed by atoms with Gasteiger partial charge in [0.05, 0.1) is 39.3 Å². The van der Waals surface area contributed by atoms with Crippen LogP contribution in [-0.2, 0) is 6.54 Å². The molecule has 3 nitrogen and oxygen atoms in total. The van der Waals surface area contributed by atoms with Crippen LogP contribution in [0.5, 0.6) is 0 Å². The summed E-state index contributed by atoms with van der Waals surface area (Å²) in [6.07, 6.45) is 1.32. The second kappa shape index (κ2) is 15.3. The lowest BCUT2D eigenvalue weighted by atomic mass is 9.13. The number of fused-ring (bicyclic) bond motifs is 2. The molecule has 7 aromatic carbocycles. The average molecular weight is 678 g/mol. The van der Waals surface area contributed by atoms with Crippen LogP contribution in [0.25, 0.3) is 21.5 Å². The zero-order chi connectivity index (χ0) is 35.2. The number of guanidine groups is 1. The second-order valence-corrected chi connectivity index (χ2v) is 14.3. The van der Waals surface area contributed by atoms with Crippen LogP contribution in [0.2, 0.25) is 0 Å². The Morgan fingerprint density at radius 1 is 0.481 bits per heavy atom. The molecule has 52 heavy (non-hydrogen) atoms. The number of benzene rings is 7.